The molecule has 2 aromatic carbocycles. The maximum atomic E-state index is 12.6. The van der Waals surface area contributed by atoms with Crippen LogP contribution in [0.2, 0.25) is 0 Å². The van der Waals surface area contributed by atoms with Gasteiger partial charge in [-0.2, -0.15) is 4.52 Å². The molecule has 1 N–H and O–H groups in total. The van der Waals surface area contributed by atoms with Gasteiger partial charge in [0.2, 0.25) is 0 Å². The quantitative estimate of drug-likeness (QED) is 0.626. The van der Waals surface area contributed by atoms with Crippen LogP contribution in [0.3, 0.4) is 0 Å². The molecule has 0 saturated heterocycles. The monoisotopic (exact) mass is 317 g/mol. The Hall–Kier alpha value is -3.28. The number of hydrogen-bond donors (Lipinski definition) is 1. The molecule has 4 aromatic rings. The Labute approximate surface area is 138 Å². The van der Waals surface area contributed by atoms with Crippen LogP contribution >= 0.6 is 0 Å². The van der Waals surface area contributed by atoms with Gasteiger partial charge < -0.3 is 5.32 Å². The first-order valence-electron chi connectivity index (χ1n) is 7.75. The van der Waals surface area contributed by atoms with Crippen LogP contribution in [0.4, 0.5) is 0 Å². The van der Waals surface area contributed by atoms with Gasteiger partial charge in [-0.3, -0.25) is 4.79 Å². The number of para-hydroxylation sites is 1. The SMILES string of the molecule is O=C(NCCc1ccccc1)c1cc2ccccc2n2nnnc12. The van der Waals surface area contributed by atoms with Crippen LogP contribution in [-0.2, 0) is 6.42 Å². The predicted octanol–water partition coefficient (Wildman–Crippen LogP) is 2.25. The highest BCUT2D eigenvalue weighted by molar-refractivity contribution is 6.03. The van der Waals surface area contributed by atoms with Crippen molar-refractivity contribution < 1.29 is 4.79 Å². The maximum absolute atomic E-state index is 12.6. The summed E-state index contributed by atoms with van der Waals surface area (Å²) in [6, 6.07) is 19.6. The molecule has 0 aliphatic rings. The van der Waals surface area contributed by atoms with Gasteiger partial charge in [-0.15, -0.1) is 5.10 Å². The van der Waals surface area contributed by atoms with E-state index in [1.54, 1.807) is 4.52 Å². The molecule has 0 atom stereocenters. The molecule has 0 aliphatic carbocycles. The summed E-state index contributed by atoms with van der Waals surface area (Å²) in [5.74, 6) is -0.170. The molecule has 24 heavy (non-hydrogen) atoms. The zero-order chi connectivity index (χ0) is 16.4. The Balaban J connectivity index is 1.60. The van der Waals surface area contributed by atoms with Crippen molar-refractivity contribution in [1.29, 1.82) is 0 Å². The van der Waals surface area contributed by atoms with E-state index >= 15 is 0 Å². The van der Waals surface area contributed by atoms with Gasteiger partial charge in [0.15, 0.2) is 5.65 Å². The van der Waals surface area contributed by atoms with Crippen LogP contribution in [-0.4, -0.2) is 32.5 Å². The van der Waals surface area contributed by atoms with E-state index in [2.05, 4.69) is 20.8 Å². The molecule has 0 spiro atoms. The number of carbonyl (C=O) groups excluding carboxylic acids is 1. The van der Waals surface area contributed by atoms with Crippen LogP contribution < -0.4 is 5.32 Å². The third kappa shape index (κ3) is 2.58. The van der Waals surface area contributed by atoms with E-state index in [1.807, 2.05) is 60.7 Å². The fraction of sp³-hybridized carbons (Fsp3) is 0.111. The maximum Gasteiger partial charge on any atom is 0.255 e. The van der Waals surface area contributed by atoms with Crippen LogP contribution in [0.1, 0.15) is 15.9 Å². The molecule has 6 nitrogen and oxygen atoms in total. The topological polar surface area (TPSA) is 72.2 Å². The van der Waals surface area contributed by atoms with E-state index < -0.39 is 0 Å². The van der Waals surface area contributed by atoms with Gasteiger partial charge in [0.05, 0.1) is 11.1 Å². The summed E-state index contributed by atoms with van der Waals surface area (Å²) < 4.78 is 1.60. The molecule has 0 unspecified atom stereocenters. The molecule has 1 amide bonds. The van der Waals surface area contributed by atoms with E-state index in [1.165, 1.54) is 5.56 Å². The van der Waals surface area contributed by atoms with Crippen molar-refractivity contribution in [3.8, 4) is 0 Å². The number of tetrazole rings is 1. The molecular weight excluding hydrogens is 302 g/mol. The van der Waals surface area contributed by atoms with E-state index in [0.29, 0.717) is 17.8 Å². The van der Waals surface area contributed by atoms with Gasteiger partial charge in [-0.25, -0.2) is 0 Å². The average Bonchev–Trinajstić information content (AvgIpc) is 3.12. The molecule has 4 rings (SSSR count). The predicted molar refractivity (Wildman–Crippen MR) is 90.8 cm³/mol. The molecule has 6 heteroatoms. The number of nitrogens with zero attached hydrogens (tertiary/aromatic N) is 4. The minimum atomic E-state index is -0.170. The van der Waals surface area contributed by atoms with Crippen molar-refractivity contribution in [2.45, 2.75) is 6.42 Å². The lowest BCUT2D eigenvalue weighted by Gasteiger charge is -2.08. The third-order valence-corrected chi connectivity index (χ3v) is 3.96. The van der Waals surface area contributed by atoms with Gasteiger partial charge in [0.1, 0.15) is 0 Å². The molecule has 0 radical (unpaired) electrons. The highest BCUT2D eigenvalue weighted by atomic mass is 16.1. The largest absolute Gasteiger partial charge is 0.352 e. The number of aromatic nitrogens is 4. The van der Waals surface area contributed by atoms with Crippen molar-refractivity contribution >= 4 is 22.5 Å². The Morgan fingerprint density at radius 1 is 1.04 bits per heavy atom. The van der Waals surface area contributed by atoms with Crippen molar-refractivity contribution in [2.24, 2.45) is 0 Å². The summed E-state index contributed by atoms with van der Waals surface area (Å²) in [5, 5.41) is 15.6. The summed E-state index contributed by atoms with van der Waals surface area (Å²) in [5.41, 5.74) is 3.00. The van der Waals surface area contributed by atoms with Crippen molar-refractivity contribution in [3.05, 3.63) is 71.8 Å². The highest BCUT2D eigenvalue weighted by Gasteiger charge is 2.15. The average molecular weight is 317 g/mol. The minimum Gasteiger partial charge on any atom is -0.352 e. The summed E-state index contributed by atoms with van der Waals surface area (Å²) in [6.45, 7) is 0.559. The van der Waals surface area contributed by atoms with Crippen molar-refractivity contribution in [3.63, 3.8) is 0 Å². The van der Waals surface area contributed by atoms with Crippen LogP contribution in [0.25, 0.3) is 16.6 Å². The van der Waals surface area contributed by atoms with Crippen LogP contribution in [0.15, 0.2) is 60.7 Å². The second-order valence-corrected chi connectivity index (χ2v) is 5.52. The van der Waals surface area contributed by atoms with Gasteiger partial charge in [-0.1, -0.05) is 48.5 Å². The smallest absolute Gasteiger partial charge is 0.255 e. The first kappa shape index (κ1) is 14.3. The lowest BCUT2D eigenvalue weighted by atomic mass is 10.1. The van der Waals surface area contributed by atoms with Crippen molar-refractivity contribution in [1.82, 2.24) is 25.4 Å². The summed E-state index contributed by atoms with van der Waals surface area (Å²) in [6.07, 6.45) is 0.779. The number of pyridine rings is 1. The molecule has 2 aromatic heterocycles. The van der Waals surface area contributed by atoms with Gasteiger partial charge in [0.25, 0.3) is 5.91 Å². The zero-order valence-electron chi connectivity index (χ0n) is 12.9. The number of carbonyl (C=O) groups is 1. The third-order valence-electron chi connectivity index (χ3n) is 3.96. The number of amides is 1. The van der Waals surface area contributed by atoms with E-state index in [9.17, 15) is 4.79 Å². The van der Waals surface area contributed by atoms with Crippen LogP contribution in [0.5, 0.6) is 0 Å². The number of benzene rings is 2. The Morgan fingerprint density at radius 2 is 1.83 bits per heavy atom. The van der Waals surface area contributed by atoms with Gasteiger partial charge >= 0.3 is 0 Å². The van der Waals surface area contributed by atoms with E-state index in [0.717, 1.165) is 17.3 Å². The normalized spacial score (nSPS) is 11.0. The minimum absolute atomic E-state index is 0.170. The molecule has 118 valence electrons. The first-order chi connectivity index (χ1) is 11.8. The number of rotatable bonds is 4. The second-order valence-electron chi connectivity index (χ2n) is 5.52. The molecule has 0 bridgehead atoms. The second kappa shape index (κ2) is 6.08. The number of nitrogens with one attached hydrogen (secondary N) is 1. The lowest BCUT2D eigenvalue weighted by Crippen LogP contribution is -2.26. The number of fused-ring (bicyclic) bond motifs is 3. The fourth-order valence-corrected chi connectivity index (χ4v) is 2.77. The molecule has 0 aliphatic heterocycles. The summed E-state index contributed by atoms with van der Waals surface area (Å²) in [4.78, 5) is 12.6. The Morgan fingerprint density at radius 3 is 2.71 bits per heavy atom. The lowest BCUT2D eigenvalue weighted by molar-refractivity contribution is 0.0955. The van der Waals surface area contributed by atoms with Crippen LogP contribution in [0, 0.1) is 0 Å². The fourth-order valence-electron chi connectivity index (χ4n) is 2.77. The summed E-state index contributed by atoms with van der Waals surface area (Å²) >= 11 is 0. The highest BCUT2D eigenvalue weighted by Crippen LogP contribution is 2.18. The number of hydrogen-bond acceptors (Lipinski definition) is 4. The Bertz CT molecular complexity index is 1010. The molecular formula is C18H15N5O. The Kier molecular flexibility index (Phi) is 3.63. The first-order valence-corrected chi connectivity index (χ1v) is 7.75. The standard InChI is InChI=1S/C18H15N5O/c24-18(19-11-10-13-6-2-1-3-7-13)15-12-14-8-4-5-9-16(14)23-17(15)20-21-22-23/h1-9,12H,10-11H2,(H,19,24). The van der Waals surface area contributed by atoms with E-state index in [4.69, 9.17) is 0 Å². The van der Waals surface area contributed by atoms with E-state index in [-0.39, 0.29) is 5.91 Å². The van der Waals surface area contributed by atoms with Crippen molar-refractivity contribution in [2.75, 3.05) is 6.54 Å². The molecule has 0 fully saturated rings. The zero-order valence-corrected chi connectivity index (χ0v) is 12.9. The summed E-state index contributed by atoms with van der Waals surface area (Å²) in [7, 11) is 0. The van der Waals surface area contributed by atoms with Gasteiger partial charge in [-0.05, 0) is 34.5 Å². The van der Waals surface area contributed by atoms with Gasteiger partial charge in [0, 0.05) is 11.9 Å². The molecule has 2 heterocycles. The molecule has 0 saturated carbocycles.